The lowest BCUT2D eigenvalue weighted by molar-refractivity contribution is 0.159. The number of aromatic nitrogens is 2. The molecule has 3 aromatic rings. The maximum atomic E-state index is 10.3. The third kappa shape index (κ3) is 4.12. The summed E-state index contributed by atoms with van der Waals surface area (Å²) in [6, 6.07) is 9.31. The topological polar surface area (TPSA) is 79.9 Å². The first-order valence-electron chi connectivity index (χ1n) is 8.56. The summed E-state index contributed by atoms with van der Waals surface area (Å²) < 4.78 is 5.76. The minimum absolute atomic E-state index is 0.185. The van der Waals surface area contributed by atoms with Gasteiger partial charge in [0.15, 0.2) is 5.69 Å². The minimum atomic E-state index is -0.871. The number of benzene rings is 2. The Morgan fingerprint density at radius 3 is 2.48 bits per heavy atom. The Morgan fingerprint density at radius 2 is 1.90 bits per heavy atom. The van der Waals surface area contributed by atoms with Crippen LogP contribution in [-0.2, 0) is 0 Å². The molecule has 0 radical (unpaired) electrons. The molecule has 29 heavy (non-hydrogen) atoms. The maximum Gasteiger partial charge on any atom is 0.247 e. The van der Waals surface area contributed by atoms with Gasteiger partial charge in [-0.05, 0) is 13.0 Å². The van der Waals surface area contributed by atoms with E-state index in [1.54, 1.807) is 43.3 Å². The fraction of sp³-hybridized carbons (Fsp3) is 0.143. The average molecular weight is 406 g/mol. The SMILES string of the molecule is [C-]#[N+]c1ccc(-c2nnc([C@H](Nc3ccc([N+]#[C-])c(Cl)c3C=C)[C@H](C)O)o2)cc1. The molecule has 0 aliphatic rings. The van der Waals surface area contributed by atoms with E-state index in [1.165, 1.54) is 6.08 Å². The van der Waals surface area contributed by atoms with Gasteiger partial charge in [-0.25, -0.2) is 9.69 Å². The summed E-state index contributed by atoms with van der Waals surface area (Å²) in [5.74, 6) is 0.457. The van der Waals surface area contributed by atoms with Crippen LogP contribution < -0.4 is 5.32 Å². The van der Waals surface area contributed by atoms with Crippen molar-refractivity contribution in [1.82, 2.24) is 10.2 Å². The van der Waals surface area contributed by atoms with Gasteiger partial charge in [-0.1, -0.05) is 54.6 Å². The van der Waals surface area contributed by atoms with Crippen LogP contribution in [0.25, 0.3) is 27.2 Å². The summed E-state index contributed by atoms with van der Waals surface area (Å²) in [6.45, 7) is 19.5. The van der Waals surface area contributed by atoms with Crippen LogP contribution >= 0.6 is 11.6 Å². The molecule has 0 spiro atoms. The number of nitrogens with zero attached hydrogens (tertiary/aromatic N) is 4. The third-order valence-electron chi connectivity index (χ3n) is 4.23. The Morgan fingerprint density at radius 1 is 1.17 bits per heavy atom. The van der Waals surface area contributed by atoms with Gasteiger partial charge in [0.25, 0.3) is 0 Å². The van der Waals surface area contributed by atoms with Gasteiger partial charge in [0.2, 0.25) is 17.5 Å². The van der Waals surface area contributed by atoms with E-state index in [9.17, 15) is 5.11 Å². The molecule has 0 saturated carbocycles. The lowest BCUT2D eigenvalue weighted by Crippen LogP contribution is -2.23. The van der Waals surface area contributed by atoms with Crippen LogP contribution in [0, 0.1) is 13.1 Å². The van der Waals surface area contributed by atoms with Gasteiger partial charge >= 0.3 is 0 Å². The molecule has 0 amide bonds. The number of hydrogen-bond donors (Lipinski definition) is 2. The highest BCUT2D eigenvalue weighted by atomic mass is 35.5. The van der Waals surface area contributed by atoms with Gasteiger partial charge < -0.3 is 14.8 Å². The highest BCUT2D eigenvalue weighted by Crippen LogP contribution is 2.36. The Hall–Kier alpha value is -3.65. The zero-order valence-electron chi connectivity index (χ0n) is 15.4. The number of halogens is 1. The second-order valence-corrected chi connectivity index (χ2v) is 6.52. The number of aliphatic hydroxyl groups excluding tert-OH is 1. The molecular formula is C21H16ClN5O2. The fourth-order valence-electron chi connectivity index (χ4n) is 2.70. The zero-order chi connectivity index (χ0) is 21.0. The van der Waals surface area contributed by atoms with Crippen LogP contribution in [0.2, 0.25) is 5.02 Å². The van der Waals surface area contributed by atoms with E-state index in [4.69, 9.17) is 29.2 Å². The van der Waals surface area contributed by atoms with E-state index in [2.05, 4.69) is 31.8 Å². The number of rotatable bonds is 6. The summed E-state index contributed by atoms with van der Waals surface area (Å²) >= 11 is 6.27. The molecule has 8 heteroatoms. The van der Waals surface area contributed by atoms with Crippen LogP contribution in [0.15, 0.2) is 47.4 Å². The first-order valence-corrected chi connectivity index (χ1v) is 8.94. The van der Waals surface area contributed by atoms with Crippen LogP contribution in [0.5, 0.6) is 0 Å². The van der Waals surface area contributed by atoms with Gasteiger partial charge in [-0.2, -0.15) is 0 Å². The molecule has 1 heterocycles. The van der Waals surface area contributed by atoms with E-state index in [-0.39, 0.29) is 16.8 Å². The number of nitrogens with one attached hydrogen (secondary N) is 1. The summed E-state index contributed by atoms with van der Waals surface area (Å²) in [6.07, 6.45) is 0.668. The Bertz CT molecular complexity index is 1120. The smallest absolute Gasteiger partial charge is 0.247 e. The first-order chi connectivity index (χ1) is 14.0. The largest absolute Gasteiger partial charge is 0.418 e. The zero-order valence-corrected chi connectivity index (χ0v) is 16.2. The fourth-order valence-corrected chi connectivity index (χ4v) is 2.99. The normalized spacial score (nSPS) is 12.4. The van der Waals surface area contributed by atoms with Crippen LogP contribution in [-0.4, -0.2) is 21.4 Å². The lowest BCUT2D eigenvalue weighted by atomic mass is 10.1. The molecule has 0 aliphatic heterocycles. The van der Waals surface area contributed by atoms with Gasteiger partial charge in [0.05, 0.1) is 24.3 Å². The van der Waals surface area contributed by atoms with E-state index >= 15 is 0 Å². The first kappa shape index (κ1) is 20.1. The monoisotopic (exact) mass is 405 g/mol. The summed E-state index contributed by atoms with van der Waals surface area (Å²) in [7, 11) is 0. The summed E-state index contributed by atoms with van der Waals surface area (Å²) in [5.41, 5.74) is 2.60. The van der Waals surface area contributed by atoms with Gasteiger partial charge in [-0.15, -0.1) is 10.2 Å². The molecule has 2 aromatic carbocycles. The molecule has 2 atom stereocenters. The predicted molar refractivity (Wildman–Crippen MR) is 112 cm³/mol. The van der Waals surface area contributed by atoms with Crippen molar-refractivity contribution in [2.75, 3.05) is 5.32 Å². The van der Waals surface area contributed by atoms with E-state index in [0.29, 0.717) is 28.2 Å². The Balaban J connectivity index is 1.93. The second kappa shape index (κ2) is 8.57. The minimum Gasteiger partial charge on any atom is -0.418 e. The van der Waals surface area contributed by atoms with Crippen molar-refractivity contribution in [3.63, 3.8) is 0 Å². The molecule has 1 aromatic heterocycles. The van der Waals surface area contributed by atoms with Crippen molar-refractivity contribution >= 4 is 34.7 Å². The lowest BCUT2D eigenvalue weighted by Gasteiger charge is -2.21. The quantitative estimate of drug-likeness (QED) is 0.516. The number of hydrogen-bond acceptors (Lipinski definition) is 5. The van der Waals surface area contributed by atoms with Crippen LogP contribution in [0.4, 0.5) is 17.1 Å². The molecule has 0 aliphatic carbocycles. The van der Waals surface area contributed by atoms with Crippen molar-refractivity contribution in [3.8, 4) is 11.5 Å². The van der Waals surface area contributed by atoms with Crippen molar-refractivity contribution in [2.24, 2.45) is 0 Å². The average Bonchev–Trinajstić information content (AvgIpc) is 3.21. The van der Waals surface area contributed by atoms with Crippen molar-refractivity contribution in [2.45, 2.75) is 19.1 Å². The van der Waals surface area contributed by atoms with Gasteiger partial charge in [-0.3, -0.25) is 0 Å². The van der Waals surface area contributed by atoms with Crippen LogP contribution in [0.1, 0.15) is 24.4 Å². The molecule has 7 nitrogen and oxygen atoms in total. The summed E-state index contributed by atoms with van der Waals surface area (Å²) in [4.78, 5) is 6.72. The van der Waals surface area contributed by atoms with Crippen molar-refractivity contribution < 1.29 is 9.52 Å². The number of aliphatic hydroxyl groups is 1. The Kier molecular flexibility index (Phi) is 5.94. The standard InChI is InChI=1S/C21H16ClN5O2/c1-5-15-16(10-11-17(24-4)18(15)22)25-19(12(2)28)21-27-26-20(29-21)13-6-8-14(23-3)9-7-13/h5-12,19,25,28H,1H2,2H3/t12-,19+/m0/s1. The Labute approximate surface area is 172 Å². The van der Waals surface area contributed by atoms with Gasteiger partial charge in [0.1, 0.15) is 6.04 Å². The number of anilines is 1. The molecule has 0 unspecified atom stereocenters. The van der Waals surface area contributed by atoms with Crippen LogP contribution in [0.3, 0.4) is 0 Å². The van der Waals surface area contributed by atoms with E-state index in [0.717, 1.165) is 0 Å². The molecule has 144 valence electrons. The molecule has 0 bridgehead atoms. The predicted octanol–water partition coefficient (Wildman–Crippen LogP) is 5.67. The van der Waals surface area contributed by atoms with Crippen molar-refractivity contribution in [3.05, 3.63) is 82.3 Å². The highest BCUT2D eigenvalue weighted by Gasteiger charge is 2.25. The molecule has 2 N–H and O–H groups in total. The molecule has 0 fully saturated rings. The van der Waals surface area contributed by atoms with E-state index in [1.807, 2.05) is 0 Å². The highest BCUT2D eigenvalue weighted by molar-refractivity contribution is 6.35. The molecule has 0 saturated heterocycles. The van der Waals surface area contributed by atoms with E-state index < -0.39 is 12.1 Å². The second-order valence-electron chi connectivity index (χ2n) is 6.14. The van der Waals surface area contributed by atoms with Crippen molar-refractivity contribution in [1.29, 1.82) is 0 Å². The van der Waals surface area contributed by atoms with Gasteiger partial charge in [0, 0.05) is 16.8 Å². The summed E-state index contributed by atoms with van der Waals surface area (Å²) in [5, 5.41) is 21.8. The third-order valence-corrected chi connectivity index (χ3v) is 4.62. The molecular weight excluding hydrogens is 390 g/mol. The maximum absolute atomic E-state index is 10.3. The molecule has 3 rings (SSSR count).